The highest BCUT2D eigenvalue weighted by molar-refractivity contribution is 6.30. The van der Waals surface area contributed by atoms with Crippen molar-refractivity contribution in [2.45, 2.75) is 32.9 Å². The Hall–Kier alpha value is -5.30. The zero-order chi connectivity index (χ0) is 36.6. The van der Waals surface area contributed by atoms with Crippen molar-refractivity contribution < 1.29 is 18.7 Å². The highest BCUT2D eigenvalue weighted by Gasteiger charge is 2.18. The summed E-state index contributed by atoms with van der Waals surface area (Å²) < 4.78 is 28.2. The van der Waals surface area contributed by atoms with E-state index in [1.807, 2.05) is 12.1 Å². The summed E-state index contributed by atoms with van der Waals surface area (Å²) >= 11 is 5.82. The van der Waals surface area contributed by atoms with Crippen LogP contribution in [0.1, 0.15) is 35.5 Å². The first kappa shape index (κ1) is 36.5. The van der Waals surface area contributed by atoms with Crippen LogP contribution in [0.15, 0.2) is 83.7 Å². The number of hydrogen-bond donors (Lipinski definition) is 2. The predicted octanol–water partition coefficient (Wildman–Crippen LogP) is 6.78. The fourth-order valence-corrected chi connectivity index (χ4v) is 5.94. The number of halogens is 2. The third kappa shape index (κ3) is 8.94. The van der Waals surface area contributed by atoms with E-state index in [0.717, 1.165) is 72.9 Å². The molecule has 5 heterocycles. The molecular weight excluding hydrogens is 685 g/mol. The molecular formula is C39H41ClFN7O4. The zero-order valence-corrected chi connectivity index (χ0v) is 30.1. The van der Waals surface area contributed by atoms with E-state index in [1.54, 1.807) is 43.4 Å². The highest BCUT2D eigenvalue weighted by Crippen LogP contribution is 2.25. The van der Waals surface area contributed by atoms with Crippen LogP contribution in [0.3, 0.4) is 0 Å². The Morgan fingerprint density at radius 1 is 1.02 bits per heavy atom. The molecule has 8 rings (SSSR count). The molecule has 2 aliphatic rings. The van der Waals surface area contributed by atoms with E-state index in [0.29, 0.717) is 28.6 Å². The summed E-state index contributed by atoms with van der Waals surface area (Å²) in [5.41, 5.74) is 7.99. The fraction of sp³-hybridized carbons (Fsp3) is 0.282. The van der Waals surface area contributed by atoms with Crippen molar-refractivity contribution in [3.05, 3.63) is 123 Å². The van der Waals surface area contributed by atoms with Crippen LogP contribution in [0.4, 0.5) is 10.1 Å². The Kier molecular flexibility index (Phi) is 11.8. The number of anilines is 1. The molecule has 13 heteroatoms. The number of fused-ring (bicyclic) bond motifs is 2. The molecule has 3 aromatic heterocycles. The van der Waals surface area contributed by atoms with Crippen molar-refractivity contribution in [2.75, 3.05) is 31.6 Å². The Balaban J connectivity index is 0.000000211. The van der Waals surface area contributed by atoms with Crippen LogP contribution in [0.25, 0.3) is 27.6 Å². The topological polar surface area (TPSA) is 119 Å². The maximum Gasteiger partial charge on any atom is 0.326 e. The number of amides is 1. The summed E-state index contributed by atoms with van der Waals surface area (Å²) in [7, 11) is 3.75. The normalized spacial score (nSPS) is 14.1. The number of aromatic nitrogens is 5. The second kappa shape index (κ2) is 16.8. The smallest absolute Gasteiger partial charge is 0.326 e. The van der Waals surface area contributed by atoms with Gasteiger partial charge in [-0.05, 0) is 79.4 Å². The van der Waals surface area contributed by atoms with E-state index in [1.165, 1.54) is 28.2 Å². The van der Waals surface area contributed by atoms with Crippen LogP contribution >= 0.6 is 11.6 Å². The lowest BCUT2D eigenvalue weighted by atomic mass is 10.0. The Morgan fingerprint density at radius 2 is 1.83 bits per heavy atom. The van der Waals surface area contributed by atoms with Crippen molar-refractivity contribution in [2.24, 2.45) is 14.1 Å². The standard InChI is InChI=1S/C27H26ClFN4O.C9H9N3O2.C3H6O/c1-18-6-9-25-24(14-18)30-26(32(25)2)16-33-12-10-19(11-13-33)23-4-3-5-27(31-23)34-17-20-7-8-21(28)15-22(20)29;1-12-8-4-6(10-5-13)2-3-7(8)11-9(12)14;1-2-4-3-1/h3-10,14-15H,11-13,16-17H2,1-2H3;2-5H,1H3,(H,10,13)(H,11,14);1-3H2. The maximum absolute atomic E-state index is 14.0. The van der Waals surface area contributed by atoms with Gasteiger partial charge in [0.15, 0.2) is 0 Å². The van der Waals surface area contributed by atoms with Gasteiger partial charge >= 0.3 is 5.69 Å². The predicted molar refractivity (Wildman–Crippen MR) is 202 cm³/mol. The number of benzene rings is 3. The van der Waals surface area contributed by atoms with Gasteiger partial charge in [-0.2, -0.15) is 0 Å². The van der Waals surface area contributed by atoms with Crippen molar-refractivity contribution in [3.8, 4) is 5.88 Å². The second-order valence-corrected chi connectivity index (χ2v) is 13.1. The molecule has 11 nitrogen and oxygen atoms in total. The van der Waals surface area contributed by atoms with Gasteiger partial charge in [-0.3, -0.25) is 14.3 Å². The quantitative estimate of drug-likeness (QED) is 0.166. The van der Waals surface area contributed by atoms with E-state index in [9.17, 15) is 14.0 Å². The van der Waals surface area contributed by atoms with E-state index in [4.69, 9.17) is 26.1 Å². The minimum atomic E-state index is -0.380. The zero-order valence-electron chi connectivity index (χ0n) is 29.4. The monoisotopic (exact) mass is 725 g/mol. The number of hydrogen-bond acceptors (Lipinski definition) is 7. The summed E-state index contributed by atoms with van der Waals surface area (Å²) in [5.74, 6) is 1.17. The molecule has 1 amide bonds. The van der Waals surface area contributed by atoms with Crippen LogP contribution < -0.4 is 15.7 Å². The summed E-state index contributed by atoms with van der Waals surface area (Å²) in [5, 5.41) is 2.89. The highest BCUT2D eigenvalue weighted by atomic mass is 35.5. The molecule has 2 N–H and O–H groups in total. The first-order valence-corrected chi connectivity index (χ1v) is 17.4. The number of aromatic amines is 1. The number of aryl methyl sites for hydroxylation is 3. The number of ether oxygens (including phenoxy) is 2. The van der Waals surface area contributed by atoms with Crippen molar-refractivity contribution in [1.82, 2.24) is 29.0 Å². The SMILES string of the molecule is C1COC1.Cc1ccc2c(c1)nc(CN1CC=C(c3cccc(OCc4ccc(Cl)cc4F)n3)CC1)n2C.Cn1c(=O)[nH]c2ccc(NC=O)cc21. The molecule has 1 saturated heterocycles. The number of imidazole rings is 2. The number of nitrogens with zero attached hydrogens (tertiary/aromatic N) is 5. The third-order valence-electron chi connectivity index (χ3n) is 8.94. The van der Waals surface area contributed by atoms with Gasteiger partial charge in [0.2, 0.25) is 12.3 Å². The van der Waals surface area contributed by atoms with Crippen LogP contribution in [-0.2, 0) is 36.8 Å². The van der Waals surface area contributed by atoms with Gasteiger partial charge in [0, 0.05) is 62.7 Å². The molecule has 52 heavy (non-hydrogen) atoms. The molecule has 0 bridgehead atoms. The van der Waals surface area contributed by atoms with E-state index in [2.05, 4.69) is 63.0 Å². The van der Waals surface area contributed by atoms with E-state index >= 15 is 0 Å². The van der Waals surface area contributed by atoms with Gasteiger partial charge in [-0.15, -0.1) is 0 Å². The average molecular weight is 726 g/mol. The molecule has 2 aliphatic heterocycles. The molecule has 0 atom stereocenters. The maximum atomic E-state index is 14.0. The van der Waals surface area contributed by atoms with E-state index in [-0.39, 0.29) is 18.1 Å². The Morgan fingerprint density at radius 3 is 2.54 bits per heavy atom. The molecule has 3 aromatic carbocycles. The van der Waals surface area contributed by atoms with Gasteiger partial charge in [0.05, 0.1) is 34.3 Å². The number of carbonyl (C=O) groups excluding carboxylic acids is 1. The van der Waals surface area contributed by atoms with Crippen molar-refractivity contribution in [1.29, 1.82) is 0 Å². The number of carbonyl (C=O) groups is 1. The van der Waals surface area contributed by atoms with E-state index < -0.39 is 0 Å². The molecule has 270 valence electrons. The lowest BCUT2D eigenvalue weighted by Gasteiger charge is -2.25. The minimum Gasteiger partial charge on any atom is -0.473 e. The van der Waals surface area contributed by atoms with Crippen LogP contribution in [0.5, 0.6) is 5.88 Å². The molecule has 0 radical (unpaired) electrons. The van der Waals surface area contributed by atoms with Gasteiger partial charge < -0.3 is 24.3 Å². The molecule has 6 aromatic rings. The molecule has 0 unspecified atom stereocenters. The number of H-pyrrole nitrogens is 1. The van der Waals surface area contributed by atoms with Crippen molar-refractivity contribution >= 4 is 51.3 Å². The average Bonchev–Trinajstić information content (AvgIpc) is 3.57. The first-order chi connectivity index (χ1) is 25.2. The van der Waals surface area contributed by atoms with Crippen LogP contribution in [0.2, 0.25) is 5.02 Å². The van der Waals surface area contributed by atoms with Gasteiger partial charge in [-0.25, -0.2) is 19.2 Å². The summed E-state index contributed by atoms with van der Waals surface area (Å²) in [6.45, 7) is 6.76. The van der Waals surface area contributed by atoms with Gasteiger partial charge in [0.25, 0.3) is 0 Å². The molecule has 0 aliphatic carbocycles. The first-order valence-electron chi connectivity index (χ1n) is 17.0. The number of nitrogens with one attached hydrogen (secondary N) is 2. The second-order valence-electron chi connectivity index (χ2n) is 12.6. The summed E-state index contributed by atoms with van der Waals surface area (Å²) in [4.78, 5) is 36.0. The number of pyridine rings is 1. The summed E-state index contributed by atoms with van der Waals surface area (Å²) in [6, 6.07) is 21.9. The fourth-order valence-electron chi connectivity index (χ4n) is 5.78. The minimum absolute atomic E-state index is 0.101. The lowest BCUT2D eigenvalue weighted by Crippen LogP contribution is -2.29. The number of rotatable bonds is 8. The molecule has 0 saturated carbocycles. The third-order valence-corrected chi connectivity index (χ3v) is 9.17. The van der Waals surface area contributed by atoms with Gasteiger partial charge in [-0.1, -0.05) is 35.9 Å². The Labute approximate surface area is 305 Å². The Bertz CT molecular complexity index is 2270. The lowest BCUT2D eigenvalue weighted by molar-refractivity contribution is -0.105. The largest absolute Gasteiger partial charge is 0.473 e. The molecule has 1 fully saturated rings. The van der Waals surface area contributed by atoms with Crippen LogP contribution in [-0.4, -0.2) is 61.7 Å². The van der Waals surface area contributed by atoms with Crippen LogP contribution in [0, 0.1) is 12.7 Å². The van der Waals surface area contributed by atoms with Gasteiger partial charge in [0.1, 0.15) is 18.2 Å². The van der Waals surface area contributed by atoms with Crippen molar-refractivity contribution in [3.63, 3.8) is 0 Å². The molecule has 0 spiro atoms. The summed E-state index contributed by atoms with van der Waals surface area (Å²) in [6.07, 6.45) is 5.00.